The second-order valence-electron chi connectivity index (χ2n) is 5.21. The summed E-state index contributed by atoms with van der Waals surface area (Å²) >= 11 is 0. The van der Waals surface area contributed by atoms with Crippen molar-refractivity contribution in [1.29, 1.82) is 0 Å². The van der Waals surface area contributed by atoms with Crippen molar-refractivity contribution < 1.29 is 24.2 Å². The molecule has 19 heavy (non-hydrogen) atoms. The number of carboxylic acid groups (broad SMARTS) is 1. The lowest BCUT2D eigenvalue weighted by Crippen LogP contribution is -2.48. The number of ketones is 1. The van der Waals surface area contributed by atoms with Gasteiger partial charge >= 0.3 is 5.97 Å². The Morgan fingerprint density at radius 3 is 2.84 bits per heavy atom. The second-order valence-corrected chi connectivity index (χ2v) is 5.21. The summed E-state index contributed by atoms with van der Waals surface area (Å²) in [6, 6.07) is -1.73. The van der Waals surface area contributed by atoms with Gasteiger partial charge < -0.3 is 20.9 Å². The van der Waals surface area contributed by atoms with Gasteiger partial charge in [-0.1, -0.05) is 0 Å². The molecule has 0 unspecified atom stereocenters. The molecule has 2 fully saturated rings. The number of nitrogens with one attached hydrogen (secondary N) is 1. The molecule has 1 saturated heterocycles. The largest absolute Gasteiger partial charge is 0.480 e. The zero-order valence-corrected chi connectivity index (χ0v) is 10.7. The van der Waals surface area contributed by atoms with Gasteiger partial charge in [0.1, 0.15) is 12.1 Å². The van der Waals surface area contributed by atoms with Gasteiger partial charge in [-0.25, -0.2) is 4.79 Å². The van der Waals surface area contributed by atoms with Gasteiger partial charge in [0.25, 0.3) is 0 Å². The van der Waals surface area contributed by atoms with Crippen LogP contribution in [-0.2, 0) is 19.1 Å². The zero-order valence-electron chi connectivity index (χ0n) is 10.7. The molecule has 0 aromatic rings. The molecule has 0 radical (unpaired) electrons. The molecular weight excluding hydrogens is 252 g/mol. The van der Waals surface area contributed by atoms with Gasteiger partial charge in [-0.15, -0.1) is 0 Å². The van der Waals surface area contributed by atoms with Gasteiger partial charge in [-0.3, -0.25) is 9.59 Å². The van der Waals surface area contributed by atoms with Gasteiger partial charge in [0.15, 0.2) is 5.78 Å². The number of rotatable bonds is 5. The molecule has 4 N–H and O–H groups in total. The molecule has 0 spiro atoms. The van der Waals surface area contributed by atoms with Crippen LogP contribution >= 0.6 is 0 Å². The Bertz CT molecular complexity index is 409. The van der Waals surface area contributed by atoms with Crippen molar-refractivity contribution in [3.63, 3.8) is 0 Å². The number of fused-ring (bicyclic) bond motifs is 1. The minimum atomic E-state index is -1.09. The molecule has 5 atom stereocenters. The van der Waals surface area contributed by atoms with E-state index in [1.807, 2.05) is 0 Å². The number of carboxylic acids is 1. The first-order valence-corrected chi connectivity index (χ1v) is 6.37. The molecule has 0 bridgehead atoms. The number of Topliss-reactive ketones (excluding diaryl/α,β-unsaturated/α-hetero) is 1. The number of nitrogens with two attached hydrogens (primary N) is 1. The lowest BCUT2D eigenvalue weighted by Gasteiger charge is -2.23. The van der Waals surface area contributed by atoms with E-state index >= 15 is 0 Å². The maximum absolute atomic E-state index is 11.5. The highest BCUT2D eigenvalue weighted by molar-refractivity contribution is 5.87. The molecule has 1 amide bonds. The normalized spacial score (nSPS) is 32.1. The van der Waals surface area contributed by atoms with Crippen molar-refractivity contribution in [2.45, 2.75) is 50.5 Å². The fourth-order valence-electron chi connectivity index (χ4n) is 2.45. The predicted octanol–water partition coefficient (Wildman–Crippen LogP) is -0.960. The van der Waals surface area contributed by atoms with E-state index in [1.54, 1.807) is 0 Å². The number of carbonyl (C=O) groups is 3. The van der Waals surface area contributed by atoms with Crippen LogP contribution in [0.3, 0.4) is 0 Å². The molecule has 1 saturated carbocycles. The number of ether oxygens (including phenoxy) is 1. The maximum atomic E-state index is 11.5. The molecule has 0 aromatic carbocycles. The molecule has 1 heterocycles. The molecule has 1 aliphatic carbocycles. The van der Waals surface area contributed by atoms with E-state index in [9.17, 15) is 14.4 Å². The molecule has 7 nitrogen and oxygen atoms in total. The van der Waals surface area contributed by atoms with Crippen LogP contribution in [0.25, 0.3) is 0 Å². The van der Waals surface area contributed by atoms with Crippen LogP contribution in [0.4, 0.5) is 0 Å². The van der Waals surface area contributed by atoms with E-state index < -0.39 is 24.0 Å². The molecule has 1 aliphatic heterocycles. The summed E-state index contributed by atoms with van der Waals surface area (Å²) in [6.45, 7) is 1.49. The Kier molecular flexibility index (Phi) is 3.86. The Morgan fingerprint density at radius 1 is 1.58 bits per heavy atom. The highest BCUT2D eigenvalue weighted by atomic mass is 16.6. The summed E-state index contributed by atoms with van der Waals surface area (Å²) in [5, 5.41) is 11.5. The summed E-state index contributed by atoms with van der Waals surface area (Å²) in [7, 11) is 0. The average Bonchev–Trinajstić information content (AvgIpc) is 3.11. The Morgan fingerprint density at radius 2 is 2.26 bits per heavy atom. The Hall–Kier alpha value is -1.47. The van der Waals surface area contributed by atoms with Gasteiger partial charge in [-0.05, 0) is 25.7 Å². The lowest BCUT2D eigenvalue weighted by molar-refractivity contribution is -0.142. The summed E-state index contributed by atoms with van der Waals surface area (Å²) in [5.41, 5.74) is 5.40. The minimum Gasteiger partial charge on any atom is -0.480 e. The maximum Gasteiger partial charge on any atom is 0.326 e. The van der Waals surface area contributed by atoms with Gasteiger partial charge in [-0.2, -0.15) is 0 Å². The molecule has 0 aromatic heterocycles. The number of epoxide rings is 1. The smallest absolute Gasteiger partial charge is 0.326 e. The first kappa shape index (κ1) is 14.0. The Labute approximate surface area is 110 Å². The van der Waals surface area contributed by atoms with E-state index in [-0.39, 0.29) is 30.3 Å². The molecule has 2 rings (SSSR count). The number of carbonyl (C=O) groups excluding carboxylic acids is 2. The lowest BCUT2D eigenvalue weighted by atomic mass is 9.84. The first-order chi connectivity index (χ1) is 8.90. The number of hydrogen-bond donors (Lipinski definition) is 3. The SMILES string of the molecule is C[C@H](N)C(=O)N[C@@H](C[C@H]1CCC(=O)[C@@H]2O[C@H]12)C(=O)O. The number of hydrogen-bond acceptors (Lipinski definition) is 5. The first-order valence-electron chi connectivity index (χ1n) is 6.37. The van der Waals surface area contributed by atoms with Crippen LogP contribution in [0.5, 0.6) is 0 Å². The topological polar surface area (TPSA) is 122 Å². The predicted molar refractivity (Wildman–Crippen MR) is 64.2 cm³/mol. The summed E-state index contributed by atoms with van der Waals surface area (Å²) in [4.78, 5) is 34.0. The average molecular weight is 270 g/mol. The van der Waals surface area contributed by atoms with Gasteiger partial charge in [0, 0.05) is 6.42 Å². The van der Waals surface area contributed by atoms with Crippen molar-refractivity contribution >= 4 is 17.7 Å². The molecule has 7 heteroatoms. The fourth-order valence-corrected chi connectivity index (χ4v) is 2.45. The monoisotopic (exact) mass is 270 g/mol. The Balaban J connectivity index is 1.92. The van der Waals surface area contributed by atoms with Gasteiger partial charge in [0.2, 0.25) is 5.91 Å². The van der Waals surface area contributed by atoms with Crippen LogP contribution in [0.1, 0.15) is 26.2 Å². The summed E-state index contributed by atoms with van der Waals surface area (Å²) < 4.78 is 5.26. The summed E-state index contributed by atoms with van der Waals surface area (Å²) in [5.74, 6) is -1.50. The van der Waals surface area contributed by atoms with Gasteiger partial charge in [0.05, 0.1) is 12.1 Å². The minimum absolute atomic E-state index is 0.00261. The zero-order chi connectivity index (χ0) is 14.2. The van der Waals surface area contributed by atoms with Crippen molar-refractivity contribution in [2.75, 3.05) is 0 Å². The van der Waals surface area contributed by atoms with Crippen molar-refractivity contribution in [2.24, 2.45) is 11.7 Å². The van der Waals surface area contributed by atoms with E-state index in [2.05, 4.69) is 5.32 Å². The van der Waals surface area contributed by atoms with Crippen molar-refractivity contribution in [1.82, 2.24) is 5.32 Å². The third-order valence-electron chi connectivity index (χ3n) is 3.64. The highest BCUT2D eigenvalue weighted by Gasteiger charge is 2.53. The number of aliphatic carboxylic acids is 1. The molecular formula is C12H18N2O5. The highest BCUT2D eigenvalue weighted by Crippen LogP contribution is 2.40. The van der Waals surface area contributed by atoms with Crippen LogP contribution in [0.15, 0.2) is 0 Å². The third kappa shape index (κ3) is 3.10. The van der Waals surface area contributed by atoms with Crippen LogP contribution in [0.2, 0.25) is 0 Å². The second kappa shape index (κ2) is 5.26. The van der Waals surface area contributed by atoms with E-state index in [0.29, 0.717) is 12.8 Å². The standard InChI is InChI=1S/C12H18N2O5/c1-5(13)11(16)14-7(12(17)18)4-6-2-3-8(15)10-9(6)19-10/h5-7,9-10H,2-4,13H2,1H3,(H,14,16)(H,17,18)/t5-,6+,7-,9+,10-/m0/s1. The fraction of sp³-hybridized carbons (Fsp3) is 0.750. The van der Waals surface area contributed by atoms with Crippen LogP contribution in [0, 0.1) is 5.92 Å². The van der Waals surface area contributed by atoms with Crippen LogP contribution in [-0.4, -0.2) is 47.1 Å². The summed E-state index contributed by atoms with van der Waals surface area (Å²) in [6.07, 6.45) is 0.770. The molecule has 106 valence electrons. The van der Waals surface area contributed by atoms with Crippen LogP contribution < -0.4 is 11.1 Å². The quantitative estimate of drug-likeness (QED) is 0.553. The van der Waals surface area contributed by atoms with E-state index in [0.717, 1.165) is 0 Å². The number of amides is 1. The van der Waals surface area contributed by atoms with E-state index in [1.165, 1.54) is 6.92 Å². The van der Waals surface area contributed by atoms with E-state index in [4.69, 9.17) is 15.6 Å². The third-order valence-corrected chi connectivity index (χ3v) is 3.64. The van der Waals surface area contributed by atoms with Crippen molar-refractivity contribution in [3.8, 4) is 0 Å². The van der Waals surface area contributed by atoms with Crippen molar-refractivity contribution in [3.05, 3.63) is 0 Å². The molecule has 2 aliphatic rings.